The number of hydrogen-bond donors (Lipinski definition) is 3. The van der Waals surface area contributed by atoms with Gasteiger partial charge < -0.3 is 25.0 Å². The van der Waals surface area contributed by atoms with Crippen LogP contribution < -0.4 is 5.32 Å². The molecule has 7 nitrogen and oxygen atoms in total. The summed E-state index contributed by atoms with van der Waals surface area (Å²) in [5.41, 5.74) is 0. The number of aliphatic hydroxyl groups is 2. The predicted molar refractivity (Wildman–Crippen MR) is 83.4 cm³/mol. The highest BCUT2D eigenvalue weighted by atomic mass is 16.5. The maximum Gasteiger partial charge on any atom is 0.328 e. The summed E-state index contributed by atoms with van der Waals surface area (Å²) in [4.78, 5) is 22.9. The molecule has 0 aliphatic carbocycles. The smallest absolute Gasteiger partial charge is 0.328 e. The first-order valence-corrected chi connectivity index (χ1v) is 7.55. The Balaban J connectivity index is 2.43. The van der Waals surface area contributed by atoms with Crippen LogP contribution in [0.1, 0.15) is 20.3 Å². The molecule has 0 aromatic carbocycles. The number of amides is 1. The second kappa shape index (κ2) is 9.44. The van der Waals surface area contributed by atoms with Crippen molar-refractivity contribution in [3.8, 4) is 0 Å². The normalized spacial score (nSPS) is 26.7. The Bertz CT molecular complexity index is 461. The fourth-order valence-corrected chi connectivity index (χ4v) is 2.16. The summed E-state index contributed by atoms with van der Waals surface area (Å²) in [5.74, 6) is -0.807. The van der Waals surface area contributed by atoms with Crippen LogP contribution in [0.2, 0.25) is 0 Å². The summed E-state index contributed by atoms with van der Waals surface area (Å²) in [6, 6.07) is -0.685. The van der Waals surface area contributed by atoms with E-state index in [1.165, 1.54) is 7.11 Å². The third kappa shape index (κ3) is 6.13. The van der Waals surface area contributed by atoms with Crippen LogP contribution in [0.5, 0.6) is 0 Å². The maximum absolute atomic E-state index is 11.7. The Labute approximate surface area is 136 Å². The van der Waals surface area contributed by atoms with E-state index in [0.717, 1.165) is 0 Å². The Hall–Kier alpha value is -1.70. The van der Waals surface area contributed by atoms with E-state index in [-0.39, 0.29) is 31.0 Å². The average Bonchev–Trinajstić information content (AvgIpc) is 2.54. The molecule has 0 saturated heterocycles. The molecule has 0 saturated carbocycles. The maximum atomic E-state index is 11.7. The third-order valence-electron chi connectivity index (χ3n) is 3.58. The first kappa shape index (κ1) is 19.3. The van der Waals surface area contributed by atoms with E-state index in [2.05, 4.69) is 10.1 Å². The fraction of sp³-hybridized carbons (Fsp3) is 0.625. The van der Waals surface area contributed by atoms with Gasteiger partial charge in [0, 0.05) is 12.3 Å². The van der Waals surface area contributed by atoms with Crippen LogP contribution in [-0.2, 0) is 19.1 Å². The predicted octanol–water partition coefficient (Wildman–Crippen LogP) is -0.0767. The van der Waals surface area contributed by atoms with E-state index >= 15 is 0 Å². The summed E-state index contributed by atoms with van der Waals surface area (Å²) in [6.45, 7) is 3.20. The minimum atomic E-state index is -0.807. The van der Waals surface area contributed by atoms with Crippen LogP contribution in [-0.4, -0.2) is 60.2 Å². The van der Waals surface area contributed by atoms with Gasteiger partial charge in [-0.1, -0.05) is 31.2 Å². The molecular formula is C16H25NO6. The van der Waals surface area contributed by atoms with Gasteiger partial charge in [0.2, 0.25) is 5.91 Å². The molecule has 0 spiro atoms. The van der Waals surface area contributed by atoms with Gasteiger partial charge in [-0.3, -0.25) is 4.79 Å². The van der Waals surface area contributed by atoms with Crippen LogP contribution in [0, 0.1) is 5.92 Å². The topological polar surface area (TPSA) is 105 Å². The van der Waals surface area contributed by atoms with Crippen molar-refractivity contribution in [1.29, 1.82) is 0 Å². The number of ether oxygens (including phenoxy) is 2. The Morgan fingerprint density at radius 1 is 1.39 bits per heavy atom. The molecule has 1 heterocycles. The van der Waals surface area contributed by atoms with Crippen molar-refractivity contribution in [1.82, 2.24) is 5.32 Å². The molecule has 0 bridgehead atoms. The van der Waals surface area contributed by atoms with Gasteiger partial charge in [0.05, 0.1) is 19.8 Å². The molecule has 0 aromatic heterocycles. The van der Waals surface area contributed by atoms with E-state index in [9.17, 15) is 14.7 Å². The average molecular weight is 327 g/mol. The molecule has 1 aliphatic heterocycles. The molecule has 1 aliphatic rings. The standard InChI is InChI=1S/C16H25NO6/c1-10(13-8-7-12(19)14(9-18)23-13)5-4-6-15(20)17-11(2)16(21)22-3/h4-5,7-8,10-14,18-19H,6,9H2,1-3H3,(H,17,20)/b5-4-/t10-,11+,12+,13-,14-/m1/s1. The second-order valence-corrected chi connectivity index (χ2v) is 5.50. The molecule has 5 atom stereocenters. The summed E-state index contributed by atoms with van der Waals surface area (Å²) in [5, 5.41) is 21.2. The lowest BCUT2D eigenvalue weighted by Crippen LogP contribution is -2.39. The van der Waals surface area contributed by atoms with Crippen molar-refractivity contribution in [2.75, 3.05) is 13.7 Å². The highest BCUT2D eigenvalue weighted by molar-refractivity contribution is 5.84. The lowest BCUT2D eigenvalue weighted by Gasteiger charge is -2.30. The Morgan fingerprint density at radius 3 is 2.70 bits per heavy atom. The molecule has 0 radical (unpaired) electrons. The van der Waals surface area contributed by atoms with Gasteiger partial charge in [-0.05, 0) is 6.92 Å². The first-order chi connectivity index (χ1) is 10.9. The van der Waals surface area contributed by atoms with Gasteiger partial charge in [0.1, 0.15) is 18.2 Å². The van der Waals surface area contributed by atoms with E-state index in [1.807, 2.05) is 13.0 Å². The number of carbonyl (C=O) groups excluding carboxylic acids is 2. The molecule has 1 amide bonds. The number of methoxy groups -OCH3 is 1. The summed E-state index contributed by atoms with van der Waals surface area (Å²) >= 11 is 0. The van der Waals surface area contributed by atoms with Gasteiger partial charge in [0.25, 0.3) is 0 Å². The zero-order valence-corrected chi connectivity index (χ0v) is 13.6. The highest BCUT2D eigenvalue weighted by Crippen LogP contribution is 2.20. The summed E-state index contributed by atoms with van der Waals surface area (Å²) < 4.78 is 10.1. The molecule has 0 aromatic rings. The number of aliphatic hydroxyl groups excluding tert-OH is 2. The highest BCUT2D eigenvalue weighted by Gasteiger charge is 2.27. The van der Waals surface area contributed by atoms with Crippen LogP contribution in [0.15, 0.2) is 24.3 Å². The van der Waals surface area contributed by atoms with E-state index in [1.54, 1.807) is 25.2 Å². The first-order valence-electron chi connectivity index (χ1n) is 7.55. The number of nitrogens with one attached hydrogen (secondary N) is 1. The van der Waals surface area contributed by atoms with Gasteiger partial charge in [-0.2, -0.15) is 0 Å². The molecule has 130 valence electrons. The van der Waals surface area contributed by atoms with Crippen LogP contribution >= 0.6 is 0 Å². The molecule has 7 heteroatoms. The van der Waals surface area contributed by atoms with Crippen LogP contribution in [0.3, 0.4) is 0 Å². The molecule has 1 rings (SSSR count). The molecule has 0 fully saturated rings. The molecule has 23 heavy (non-hydrogen) atoms. The lowest BCUT2D eigenvalue weighted by atomic mass is 9.99. The van der Waals surface area contributed by atoms with Crippen molar-refractivity contribution in [2.45, 2.75) is 44.6 Å². The third-order valence-corrected chi connectivity index (χ3v) is 3.58. The van der Waals surface area contributed by atoms with Crippen LogP contribution in [0.25, 0.3) is 0 Å². The van der Waals surface area contributed by atoms with E-state index < -0.39 is 24.2 Å². The zero-order chi connectivity index (χ0) is 17.4. The van der Waals surface area contributed by atoms with Gasteiger partial charge in [-0.25, -0.2) is 4.79 Å². The van der Waals surface area contributed by atoms with E-state index in [0.29, 0.717) is 0 Å². The van der Waals surface area contributed by atoms with Gasteiger partial charge in [0.15, 0.2) is 0 Å². The van der Waals surface area contributed by atoms with Crippen molar-refractivity contribution in [2.24, 2.45) is 5.92 Å². The minimum Gasteiger partial charge on any atom is -0.467 e. The quantitative estimate of drug-likeness (QED) is 0.446. The van der Waals surface area contributed by atoms with E-state index in [4.69, 9.17) is 9.84 Å². The van der Waals surface area contributed by atoms with Crippen molar-refractivity contribution in [3.63, 3.8) is 0 Å². The zero-order valence-electron chi connectivity index (χ0n) is 13.6. The number of esters is 1. The monoisotopic (exact) mass is 327 g/mol. The Morgan fingerprint density at radius 2 is 2.09 bits per heavy atom. The summed E-state index contributed by atoms with van der Waals surface area (Å²) in [6.07, 6.45) is 5.28. The second-order valence-electron chi connectivity index (χ2n) is 5.50. The molecule has 0 unspecified atom stereocenters. The number of hydrogen-bond acceptors (Lipinski definition) is 6. The minimum absolute atomic E-state index is 0.0290. The molecular weight excluding hydrogens is 302 g/mol. The lowest BCUT2D eigenvalue weighted by molar-refractivity contribution is -0.144. The number of carbonyl (C=O) groups is 2. The van der Waals surface area contributed by atoms with Gasteiger partial charge in [-0.15, -0.1) is 0 Å². The van der Waals surface area contributed by atoms with Crippen molar-refractivity contribution < 1.29 is 29.3 Å². The molecule has 3 N–H and O–H groups in total. The Kier molecular flexibility index (Phi) is 7.94. The SMILES string of the molecule is COC(=O)[C@H](C)NC(=O)C/C=C\[C@@H](C)[C@H]1C=C[C@H](O)[C@@H](CO)O1. The van der Waals surface area contributed by atoms with Crippen molar-refractivity contribution in [3.05, 3.63) is 24.3 Å². The fourth-order valence-electron chi connectivity index (χ4n) is 2.16. The largest absolute Gasteiger partial charge is 0.467 e. The summed E-state index contributed by atoms with van der Waals surface area (Å²) in [7, 11) is 1.26. The van der Waals surface area contributed by atoms with Gasteiger partial charge >= 0.3 is 5.97 Å². The number of rotatable bonds is 7. The van der Waals surface area contributed by atoms with Crippen molar-refractivity contribution >= 4 is 11.9 Å². The van der Waals surface area contributed by atoms with Crippen LogP contribution in [0.4, 0.5) is 0 Å².